The predicted molar refractivity (Wildman–Crippen MR) is 198 cm³/mol. The number of phosphoric ester groups is 1. The van der Waals surface area contributed by atoms with Crippen molar-refractivity contribution in [1.82, 2.24) is 0 Å². The third kappa shape index (κ3) is 36.8. The van der Waals surface area contributed by atoms with Crippen molar-refractivity contribution in [3.8, 4) is 0 Å². The first-order valence-corrected chi connectivity index (χ1v) is 20.5. The Hall–Kier alpha value is -1.99. The maximum absolute atomic E-state index is 12.3. The highest BCUT2D eigenvalue weighted by atomic mass is 31.2. The number of ether oxygens (including phenoxy) is 2. The number of phosphoric acid groups is 1. The highest BCUT2D eigenvalue weighted by Gasteiger charge is 2.22. The minimum absolute atomic E-state index is 0.205. The van der Waals surface area contributed by atoms with Gasteiger partial charge in [0.05, 0.1) is 6.61 Å². The summed E-state index contributed by atoms with van der Waals surface area (Å²) in [5, 5.41) is 0. The van der Waals surface area contributed by atoms with Crippen LogP contribution in [-0.2, 0) is 28.2 Å². The molecular weight excluding hydrogens is 627 g/mol. The number of carbonyl (C=O) groups is 2. The van der Waals surface area contributed by atoms with Crippen LogP contribution in [-0.4, -0.2) is 41.0 Å². The summed E-state index contributed by atoms with van der Waals surface area (Å²) in [5.74, 6) is -0.923. The Kier molecular flexibility index (Phi) is 33.4. The van der Waals surface area contributed by atoms with Crippen LogP contribution in [0, 0.1) is 0 Å². The first kappa shape index (κ1) is 46.0. The van der Waals surface area contributed by atoms with Gasteiger partial charge in [0.1, 0.15) is 6.61 Å². The van der Waals surface area contributed by atoms with E-state index >= 15 is 0 Å². The molecule has 0 fully saturated rings. The molecule has 0 aromatic rings. The second-order valence-corrected chi connectivity index (χ2v) is 13.8. The molecule has 2 N–H and O–H groups in total. The average Bonchev–Trinajstić information content (AvgIpc) is 3.05. The first-order chi connectivity index (χ1) is 23.3. The minimum atomic E-state index is -4.75. The van der Waals surface area contributed by atoms with E-state index in [1.807, 2.05) is 0 Å². The fourth-order valence-corrected chi connectivity index (χ4v) is 5.36. The van der Waals surface area contributed by atoms with Gasteiger partial charge in [0.2, 0.25) is 0 Å². The zero-order valence-corrected chi connectivity index (χ0v) is 31.3. The Morgan fingerprint density at radius 2 is 0.938 bits per heavy atom. The standard InChI is InChI=1S/C39H69O8P/c1-3-5-7-9-11-13-15-16-17-18-19-20-21-22-24-25-27-29-31-33-38(40)45-35-37(36-46-48(42,43)44)47-39(41)34-32-30-28-26-23-14-12-10-8-6-4-2/h11,13,16-17,19-20,22,24,37H,3-10,12,14-15,18,21,23,25-36H2,1-2H3,(H2,42,43,44)/b13-11+,17-16+,20-19+,24-22+/t37-/m1/s1. The summed E-state index contributed by atoms with van der Waals surface area (Å²) in [6, 6.07) is 0. The van der Waals surface area contributed by atoms with Crippen molar-refractivity contribution in [2.75, 3.05) is 13.2 Å². The van der Waals surface area contributed by atoms with Gasteiger partial charge < -0.3 is 19.3 Å². The topological polar surface area (TPSA) is 119 Å². The van der Waals surface area contributed by atoms with Crippen LogP contribution in [0.5, 0.6) is 0 Å². The lowest BCUT2D eigenvalue weighted by Gasteiger charge is -2.18. The van der Waals surface area contributed by atoms with Gasteiger partial charge in [-0.05, 0) is 57.8 Å². The van der Waals surface area contributed by atoms with Crippen LogP contribution >= 0.6 is 7.82 Å². The Balaban J connectivity index is 4.02. The van der Waals surface area contributed by atoms with E-state index in [0.717, 1.165) is 57.8 Å². The van der Waals surface area contributed by atoms with Crippen molar-refractivity contribution >= 4 is 19.8 Å². The molecule has 0 aliphatic carbocycles. The van der Waals surface area contributed by atoms with Crippen LogP contribution in [0.3, 0.4) is 0 Å². The minimum Gasteiger partial charge on any atom is -0.462 e. The van der Waals surface area contributed by atoms with Gasteiger partial charge in [-0.3, -0.25) is 14.1 Å². The molecule has 278 valence electrons. The van der Waals surface area contributed by atoms with Gasteiger partial charge in [0.15, 0.2) is 6.10 Å². The molecule has 0 spiro atoms. The van der Waals surface area contributed by atoms with Crippen LogP contribution < -0.4 is 0 Å². The van der Waals surface area contributed by atoms with E-state index in [1.165, 1.54) is 70.6 Å². The van der Waals surface area contributed by atoms with Crippen molar-refractivity contribution in [3.05, 3.63) is 48.6 Å². The number of allylic oxidation sites excluding steroid dienone is 8. The second-order valence-electron chi connectivity index (χ2n) is 12.6. The van der Waals surface area contributed by atoms with E-state index in [4.69, 9.17) is 19.3 Å². The number of hydrogen-bond donors (Lipinski definition) is 2. The fraction of sp³-hybridized carbons (Fsp3) is 0.744. The van der Waals surface area contributed by atoms with Crippen molar-refractivity contribution < 1.29 is 37.9 Å². The quantitative estimate of drug-likeness (QED) is 0.0295. The summed E-state index contributed by atoms with van der Waals surface area (Å²) >= 11 is 0. The van der Waals surface area contributed by atoms with Crippen LogP contribution in [0.15, 0.2) is 48.6 Å². The largest absolute Gasteiger partial charge is 0.469 e. The second kappa shape index (κ2) is 34.9. The Bertz CT molecular complexity index is 921. The molecule has 0 bridgehead atoms. The lowest BCUT2D eigenvalue weighted by molar-refractivity contribution is -0.161. The van der Waals surface area contributed by atoms with Crippen molar-refractivity contribution in [3.63, 3.8) is 0 Å². The summed E-state index contributed by atoms with van der Waals surface area (Å²) in [5.41, 5.74) is 0. The molecule has 0 radical (unpaired) electrons. The SMILES string of the molecule is CCCCC/C=C/C/C=C/C/C=C/C/C=C/CCCCCC(=O)OC[C@H](COP(=O)(O)O)OC(=O)CCCCCCCCCCCCC. The van der Waals surface area contributed by atoms with E-state index in [2.05, 4.69) is 67.0 Å². The molecule has 0 aliphatic rings. The zero-order chi connectivity index (χ0) is 35.4. The van der Waals surface area contributed by atoms with Gasteiger partial charge in [0, 0.05) is 12.8 Å². The zero-order valence-electron chi connectivity index (χ0n) is 30.4. The molecule has 9 heteroatoms. The Morgan fingerprint density at radius 3 is 1.44 bits per heavy atom. The molecule has 0 saturated heterocycles. The van der Waals surface area contributed by atoms with Crippen molar-refractivity contribution in [2.24, 2.45) is 0 Å². The molecule has 0 aliphatic heterocycles. The van der Waals surface area contributed by atoms with Crippen LogP contribution in [0.4, 0.5) is 0 Å². The summed E-state index contributed by atoms with van der Waals surface area (Å²) in [4.78, 5) is 42.6. The summed E-state index contributed by atoms with van der Waals surface area (Å²) in [7, 11) is -4.75. The number of unbranched alkanes of at least 4 members (excludes halogenated alkanes) is 16. The number of rotatable bonds is 34. The number of carbonyl (C=O) groups excluding carboxylic acids is 2. The maximum Gasteiger partial charge on any atom is 0.469 e. The van der Waals surface area contributed by atoms with Gasteiger partial charge in [-0.1, -0.05) is 146 Å². The molecule has 0 unspecified atom stereocenters. The van der Waals surface area contributed by atoms with Gasteiger partial charge in [-0.15, -0.1) is 0 Å². The summed E-state index contributed by atoms with van der Waals surface area (Å²) in [6.07, 6.45) is 41.2. The molecule has 0 aromatic carbocycles. The van der Waals surface area contributed by atoms with Gasteiger partial charge in [-0.2, -0.15) is 0 Å². The van der Waals surface area contributed by atoms with Crippen LogP contribution in [0.1, 0.15) is 168 Å². The highest BCUT2D eigenvalue weighted by molar-refractivity contribution is 7.46. The van der Waals surface area contributed by atoms with Gasteiger partial charge in [-0.25, -0.2) is 4.57 Å². The van der Waals surface area contributed by atoms with Crippen molar-refractivity contribution in [2.45, 2.75) is 174 Å². The van der Waals surface area contributed by atoms with Crippen LogP contribution in [0.2, 0.25) is 0 Å². The monoisotopic (exact) mass is 696 g/mol. The van der Waals surface area contributed by atoms with Crippen molar-refractivity contribution in [1.29, 1.82) is 0 Å². The van der Waals surface area contributed by atoms with E-state index < -0.39 is 32.5 Å². The number of hydrogen-bond acceptors (Lipinski definition) is 6. The summed E-state index contributed by atoms with van der Waals surface area (Å²) in [6.45, 7) is 3.60. The maximum atomic E-state index is 12.3. The van der Waals surface area contributed by atoms with E-state index in [1.54, 1.807) is 0 Å². The lowest BCUT2D eigenvalue weighted by Crippen LogP contribution is -2.29. The van der Waals surface area contributed by atoms with Crippen LogP contribution in [0.25, 0.3) is 0 Å². The number of esters is 2. The molecule has 0 amide bonds. The predicted octanol–water partition coefficient (Wildman–Crippen LogP) is 11.2. The smallest absolute Gasteiger partial charge is 0.462 e. The molecular formula is C39H69O8P. The molecule has 0 saturated carbocycles. The molecule has 1 atom stereocenters. The third-order valence-electron chi connectivity index (χ3n) is 7.85. The van der Waals surface area contributed by atoms with E-state index in [0.29, 0.717) is 12.8 Å². The summed E-state index contributed by atoms with van der Waals surface area (Å²) < 4.78 is 26.2. The van der Waals surface area contributed by atoms with E-state index in [-0.39, 0.29) is 19.4 Å². The lowest BCUT2D eigenvalue weighted by atomic mass is 10.1. The average molecular weight is 697 g/mol. The van der Waals surface area contributed by atoms with Gasteiger partial charge >= 0.3 is 19.8 Å². The Labute approximate surface area is 293 Å². The molecule has 48 heavy (non-hydrogen) atoms. The molecule has 0 rings (SSSR count). The first-order valence-electron chi connectivity index (χ1n) is 18.9. The molecule has 0 aromatic heterocycles. The normalized spacial score (nSPS) is 13.0. The van der Waals surface area contributed by atoms with Gasteiger partial charge in [0.25, 0.3) is 0 Å². The Morgan fingerprint density at radius 1 is 0.542 bits per heavy atom. The molecule has 8 nitrogen and oxygen atoms in total. The fourth-order valence-electron chi connectivity index (χ4n) is 5.00. The molecule has 0 heterocycles. The highest BCUT2D eigenvalue weighted by Crippen LogP contribution is 2.36. The van der Waals surface area contributed by atoms with E-state index in [9.17, 15) is 14.2 Å². The third-order valence-corrected chi connectivity index (χ3v) is 8.34.